The molecule has 0 saturated carbocycles. The van der Waals surface area contributed by atoms with Gasteiger partial charge in [0.2, 0.25) is 15.9 Å². The van der Waals surface area contributed by atoms with E-state index in [1.807, 2.05) is 13.0 Å². The van der Waals surface area contributed by atoms with Gasteiger partial charge < -0.3 is 9.80 Å². The van der Waals surface area contributed by atoms with Crippen LogP contribution < -0.4 is 9.80 Å². The molecule has 2 aromatic rings. The zero-order valence-electron chi connectivity index (χ0n) is 18.4. The Kier molecular flexibility index (Phi) is 5.91. The van der Waals surface area contributed by atoms with E-state index in [-0.39, 0.29) is 16.8 Å². The SMILES string of the molecule is CC(=O)N1c2cc(S(=O)(=O)N3CCN(c4cc(C)ccc4C)CC3)c(Br)cc2C[C@H]1C. The number of aryl methyl sites for hydroxylation is 2. The van der Waals surface area contributed by atoms with Crippen molar-refractivity contribution in [2.45, 2.75) is 45.1 Å². The van der Waals surface area contributed by atoms with Crippen LogP contribution in [-0.4, -0.2) is 50.9 Å². The molecule has 0 bridgehead atoms. The van der Waals surface area contributed by atoms with Crippen LogP contribution in [-0.2, 0) is 21.2 Å². The number of amides is 1. The van der Waals surface area contributed by atoms with Gasteiger partial charge in [-0.25, -0.2) is 8.42 Å². The summed E-state index contributed by atoms with van der Waals surface area (Å²) < 4.78 is 29.1. The summed E-state index contributed by atoms with van der Waals surface area (Å²) in [6.07, 6.45) is 0.725. The van der Waals surface area contributed by atoms with Gasteiger partial charge in [-0.15, -0.1) is 0 Å². The van der Waals surface area contributed by atoms with Crippen LogP contribution in [0, 0.1) is 13.8 Å². The molecule has 1 saturated heterocycles. The summed E-state index contributed by atoms with van der Waals surface area (Å²) in [6.45, 7) is 9.79. The lowest BCUT2D eigenvalue weighted by Gasteiger charge is -2.36. The average Bonchev–Trinajstić information content (AvgIpc) is 3.04. The smallest absolute Gasteiger partial charge is 0.244 e. The van der Waals surface area contributed by atoms with Crippen LogP contribution >= 0.6 is 15.9 Å². The van der Waals surface area contributed by atoms with E-state index in [9.17, 15) is 13.2 Å². The van der Waals surface area contributed by atoms with Gasteiger partial charge in [-0.3, -0.25) is 4.79 Å². The predicted molar refractivity (Wildman–Crippen MR) is 127 cm³/mol. The molecular weight excluding hydrogens is 478 g/mol. The number of nitrogens with zero attached hydrogens (tertiary/aromatic N) is 3. The third-order valence-corrected chi connectivity index (χ3v) is 9.11. The lowest BCUT2D eigenvalue weighted by atomic mass is 10.1. The van der Waals surface area contributed by atoms with Crippen molar-refractivity contribution in [1.29, 1.82) is 0 Å². The maximum Gasteiger partial charge on any atom is 0.244 e. The molecular formula is C23H28BrN3O3S. The Balaban J connectivity index is 1.59. The summed E-state index contributed by atoms with van der Waals surface area (Å²) >= 11 is 3.48. The lowest BCUT2D eigenvalue weighted by molar-refractivity contribution is -0.116. The summed E-state index contributed by atoms with van der Waals surface area (Å²) in [5, 5.41) is 0. The van der Waals surface area contributed by atoms with E-state index >= 15 is 0 Å². The Hall–Kier alpha value is -1.90. The maximum absolute atomic E-state index is 13.5. The number of carbonyl (C=O) groups is 1. The quantitative estimate of drug-likeness (QED) is 0.634. The molecule has 2 aliphatic rings. The molecule has 8 heteroatoms. The molecule has 0 aromatic heterocycles. The molecule has 166 valence electrons. The van der Waals surface area contributed by atoms with E-state index in [1.54, 1.807) is 15.3 Å². The van der Waals surface area contributed by atoms with Crippen LogP contribution in [0.2, 0.25) is 0 Å². The van der Waals surface area contributed by atoms with E-state index in [0.717, 1.165) is 12.0 Å². The molecule has 2 aliphatic heterocycles. The first kappa shape index (κ1) is 22.3. The fourth-order valence-electron chi connectivity index (χ4n) is 4.66. The molecule has 1 fully saturated rings. The number of fused-ring (bicyclic) bond motifs is 1. The van der Waals surface area contributed by atoms with Crippen molar-refractivity contribution in [3.8, 4) is 0 Å². The largest absolute Gasteiger partial charge is 0.369 e. The standard InChI is InChI=1S/C23H28BrN3O3S/c1-15-5-6-16(2)21(11-15)25-7-9-26(10-8-25)31(29,30)23-14-22-19(13-20(23)24)12-17(3)27(22)18(4)28/h5-6,11,13-14,17H,7-10,12H2,1-4H3/t17-/m1/s1. The van der Waals surface area contributed by atoms with Crippen molar-refractivity contribution >= 4 is 43.2 Å². The van der Waals surface area contributed by atoms with Crippen LogP contribution in [0.5, 0.6) is 0 Å². The van der Waals surface area contributed by atoms with Crippen LogP contribution in [0.4, 0.5) is 11.4 Å². The molecule has 6 nitrogen and oxygen atoms in total. The minimum Gasteiger partial charge on any atom is -0.369 e. The summed E-state index contributed by atoms with van der Waals surface area (Å²) in [4.78, 5) is 16.3. The highest BCUT2D eigenvalue weighted by Crippen LogP contribution is 2.39. The van der Waals surface area contributed by atoms with Gasteiger partial charge in [0.25, 0.3) is 0 Å². The Morgan fingerprint density at radius 2 is 1.71 bits per heavy atom. The zero-order chi connectivity index (χ0) is 22.5. The van der Waals surface area contributed by atoms with Crippen molar-refractivity contribution in [3.63, 3.8) is 0 Å². The van der Waals surface area contributed by atoms with Gasteiger partial charge >= 0.3 is 0 Å². The maximum atomic E-state index is 13.5. The zero-order valence-corrected chi connectivity index (χ0v) is 20.8. The first-order chi connectivity index (χ1) is 14.6. The highest BCUT2D eigenvalue weighted by molar-refractivity contribution is 9.10. The number of rotatable bonds is 3. The van der Waals surface area contributed by atoms with Gasteiger partial charge in [0.15, 0.2) is 0 Å². The van der Waals surface area contributed by atoms with E-state index in [0.29, 0.717) is 36.3 Å². The summed E-state index contributed by atoms with van der Waals surface area (Å²) in [5.74, 6) is -0.0703. The second-order valence-corrected chi connectivity index (χ2v) is 11.3. The van der Waals surface area contributed by atoms with Crippen molar-refractivity contribution in [3.05, 3.63) is 51.5 Å². The van der Waals surface area contributed by atoms with E-state index < -0.39 is 10.0 Å². The molecule has 2 aromatic carbocycles. The van der Waals surface area contributed by atoms with E-state index in [2.05, 4.69) is 52.9 Å². The van der Waals surface area contributed by atoms with Crippen molar-refractivity contribution < 1.29 is 13.2 Å². The lowest BCUT2D eigenvalue weighted by Crippen LogP contribution is -2.49. The fraction of sp³-hybridized carbons (Fsp3) is 0.435. The summed E-state index contributed by atoms with van der Waals surface area (Å²) in [6, 6.07) is 9.91. The van der Waals surface area contributed by atoms with E-state index in [1.165, 1.54) is 23.7 Å². The predicted octanol–water partition coefficient (Wildman–Crippen LogP) is 3.87. The first-order valence-electron chi connectivity index (χ1n) is 10.5. The number of anilines is 2. The van der Waals surface area contributed by atoms with Gasteiger partial charge in [-0.1, -0.05) is 12.1 Å². The molecule has 1 amide bonds. The Morgan fingerprint density at radius 1 is 1.03 bits per heavy atom. The first-order valence-corrected chi connectivity index (χ1v) is 12.8. The Morgan fingerprint density at radius 3 is 2.35 bits per heavy atom. The summed E-state index contributed by atoms with van der Waals surface area (Å²) in [7, 11) is -3.68. The Labute approximate surface area is 193 Å². The van der Waals surface area contributed by atoms with Gasteiger partial charge in [-0.2, -0.15) is 4.31 Å². The molecule has 0 unspecified atom stereocenters. The fourth-order valence-corrected chi connectivity index (χ4v) is 7.16. The van der Waals surface area contributed by atoms with Crippen LogP contribution in [0.25, 0.3) is 0 Å². The molecule has 0 radical (unpaired) electrons. The summed E-state index contributed by atoms with van der Waals surface area (Å²) in [5.41, 5.74) is 5.26. The minimum absolute atomic E-state index is 0.0264. The number of carbonyl (C=O) groups excluding carboxylic acids is 1. The third-order valence-electron chi connectivity index (χ3n) is 6.25. The molecule has 0 spiro atoms. The molecule has 0 N–H and O–H groups in total. The highest BCUT2D eigenvalue weighted by Gasteiger charge is 2.35. The third kappa shape index (κ3) is 4.01. The monoisotopic (exact) mass is 505 g/mol. The van der Waals surface area contributed by atoms with Gasteiger partial charge in [0.05, 0.1) is 4.90 Å². The van der Waals surface area contributed by atoms with Gasteiger partial charge in [-0.05, 0) is 78.0 Å². The van der Waals surface area contributed by atoms with Crippen LogP contribution in [0.1, 0.15) is 30.5 Å². The molecule has 2 heterocycles. The van der Waals surface area contributed by atoms with Crippen molar-refractivity contribution in [2.75, 3.05) is 36.0 Å². The number of hydrogen-bond donors (Lipinski definition) is 0. The van der Waals surface area contributed by atoms with Crippen LogP contribution in [0.3, 0.4) is 0 Å². The van der Waals surface area contributed by atoms with Gasteiger partial charge in [0, 0.05) is 55.0 Å². The van der Waals surface area contributed by atoms with E-state index in [4.69, 9.17) is 0 Å². The highest BCUT2D eigenvalue weighted by atomic mass is 79.9. The van der Waals surface area contributed by atoms with Crippen molar-refractivity contribution in [1.82, 2.24) is 4.31 Å². The van der Waals surface area contributed by atoms with Crippen LogP contribution in [0.15, 0.2) is 39.7 Å². The molecule has 31 heavy (non-hydrogen) atoms. The Bertz CT molecular complexity index is 1140. The number of sulfonamides is 1. The normalized spacial score (nSPS) is 19.6. The second-order valence-electron chi connectivity index (χ2n) is 8.53. The number of piperazine rings is 1. The molecule has 1 atom stereocenters. The van der Waals surface area contributed by atoms with Gasteiger partial charge in [0.1, 0.15) is 0 Å². The number of hydrogen-bond acceptors (Lipinski definition) is 4. The number of halogens is 1. The second kappa shape index (κ2) is 8.22. The number of benzene rings is 2. The molecule has 4 rings (SSSR count). The topological polar surface area (TPSA) is 60.9 Å². The van der Waals surface area contributed by atoms with Crippen molar-refractivity contribution in [2.24, 2.45) is 0 Å². The average molecular weight is 506 g/mol. The molecule has 0 aliphatic carbocycles. The minimum atomic E-state index is -3.68.